The second-order valence-electron chi connectivity index (χ2n) is 4.94. The Hall–Kier alpha value is -1.55. The number of nitrogens with zero attached hydrogens (tertiary/aromatic N) is 1. The first kappa shape index (κ1) is 14.9. The molecule has 0 spiro atoms. The van der Waals surface area contributed by atoms with E-state index < -0.39 is 0 Å². The van der Waals surface area contributed by atoms with Gasteiger partial charge in [0.15, 0.2) is 0 Å². The molecule has 3 nitrogen and oxygen atoms in total. The third kappa shape index (κ3) is 3.12. The number of rotatable bonds is 4. The predicted octanol–water partition coefficient (Wildman–Crippen LogP) is 4.53. The quantitative estimate of drug-likeness (QED) is 0.875. The van der Waals surface area contributed by atoms with E-state index in [-0.39, 0.29) is 5.91 Å². The van der Waals surface area contributed by atoms with Crippen LogP contribution in [0.2, 0.25) is 0 Å². The molecule has 0 aliphatic rings. The Morgan fingerprint density at radius 3 is 2.80 bits per heavy atom. The summed E-state index contributed by atoms with van der Waals surface area (Å²) in [5.74, 6) is -0.0714. The van der Waals surface area contributed by atoms with Gasteiger partial charge in [0.2, 0.25) is 0 Å². The molecule has 0 aliphatic heterocycles. The number of anilines is 1. The van der Waals surface area contributed by atoms with E-state index in [1.807, 2.05) is 48.9 Å². The van der Waals surface area contributed by atoms with Crippen LogP contribution in [0.1, 0.15) is 35.0 Å². The highest BCUT2D eigenvalue weighted by atomic mass is 79.9. The number of carbonyl (C=O) groups excluding carboxylic acids is 1. The molecule has 0 saturated carbocycles. The van der Waals surface area contributed by atoms with E-state index in [9.17, 15) is 4.79 Å². The van der Waals surface area contributed by atoms with Gasteiger partial charge in [-0.3, -0.25) is 4.79 Å². The third-order valence-electron chi connectivity index (χ3n) is 3.41. The Kier molecular flexibility index (Phi) is 4.65. The largest absolute Gasteiger partial charge is 0.342 e. The van der Waals surface area contributed by atoms with Gasteiger partial charge in [-0.15, -0.1) is 0 Å². The molecule has 0 radical (unpaired) electrons. The van der Waals surface area contributed by atoms with Crippen molar-refractivity contribution in [3.63, 3.8) is 0 Å². The van der Waals surface area contributed by atoms with Crippen LogP contribution < -0.4 is 5.32 Å². The molecular weight excluding hydrogens is 316 g/mol. The number of amides is 1. The second kappa shape index (κ2) is 6.27. The number of hydrogen-bond acceptors (Lipinski definition) is 1. The Morgan fingerprint density at radius 2 is 2.10 bits per heavy atom. The Morgan fingerprint density at radius 1 is 1.35 bits per heavy atom. The molecule has 1 heterocycles. The lowest BCUT2D eigenvalue weighted by Gasteiger charge is -2.12. The van der Waals surface area contributed by atoms with Crippen molar-refractivity contribution in [2.75, 3.05) is 5.32 Å². The summed E-state index contributed by atoms with van der Waals surface area (Å²) in [6.45, 7) is 6.99. The molecule has 1 amide bonds. The summed E-state index contributed by atoms with van der Waals surface area (Å²) < 4.78 is 2.90. The molecule has 0 unspecified atom stereocenters. The van der Waals surface area contributed by atoms with E-state index >= 15 is 0 Å². The van der Waals surface area contributed by atoms with Gasteiger partial charge in [-0.2, -0.15) is 0 Å². The molecule has 1 aromatic carbocycles. The number of benzene rings is 1. The van der Waals surface area contributed by atoms with Crippen molar-refractivity contribution < 1.29 is 4.79 Å². The second-order valence-corrected chi connectivity index (χ2v) is 5.85. The molecule has 2 aromatic rings. The molecule has 1 aromatic heterocycles. The van der Waals surface area contributed by atoms with Crippen molar-refractivity contribution in [2.24, 2.45) is 0 Å². The van der Waals surface area contributed by atoms with E-state index in [4.69, 9.17) is 0 Å². The van der Waals surface area contributed by atoms with E-state index in [1.165, 1.54) is 5.56 Å². The van der Waals surface area contributed by atoms with Gasteiger partial charge in [-0.1, -0.05) is 19.1 Å². The first-order valence-electron chi connectivity index (χ1n) is 6.76. The van der Waals surface area contributed by atoms with Crippen LogP contribution in [-0.2, 0) is 6.54 Å². The monoisotopic (exact) mass is 334 g/mol. The summed E-state index contributed by atoms with van der Waals surface area (Å²) in [7, 11) is 0. The van der Waals surface area contributed by atoms with E-state index in [0.717, 1.165) is 28.7 Å². The van der Waals surface area contributed by atoms with Crippen LogP contribution in [0.25, 0.3) is 0 Å². The molecule has 0 fully saturated rings. The van der Waals surface area contributed by atoms with Crippen molar-refractivity contribution in [2.45, 2.75) is 33.7 Å². The Balaban J connectivity index is 2.26. The zero-order valence-corrected chi connectivity index (χ0v) is 13.6. The van der Waals surface area contributed by atoms with Gasteiger partial charge in [0.1, 0.15) is 5.69 Å². The van der Waals surface area contributed by atoms with Crippen molar-refractivity contribution in [1.29, 1.82) is 0 Å². The van der Waals surface area contributed by atoms with Crippen LogP contribution in [-0.4, -0.2) is 10.5 Å². The summed E-state index contributed by atoms with van der Waals surface area (Å²) in [5, 5.41) is 3.00. The highest BCUT2D eigenvalue weighted by Gasteiger charge is 2.14. The van der Waals surface area contributed by atoms with Crippen molar-refractivity contribution in [3.8, 4) is 0 Å². The Labute approximate surface area is 128 Å². The first-order chi connectivity index (χ1) is 9.52. The van der Waals surface area contributed by atoms with Crippen LogP contribution in [0.3, 0.4) is 0 Å². The summed E-state index contributed by atoms with van der Waals surface area (Å²) >= 11 is 3.43. The molecule has 0 bridgehead atoms. The molecule has 20 heavy (non-hydrogen) atoms. The lowest BCUT2D eigenvalue weighted by Crippen LogP contribution is -2.17. The van der Waals surface area contributed by atoms with E-state index in [0.29, 0.717) is 5.69 Å². The number of carbonyl (C=O) groups is 1. The van der Waals surface area contributed by atoms with Crippen LogP contribution >= 0.6 is 15.9 Å². The Bertz CT molecular complexity index is 631. The number of aryl methyl sites for hydroxylation is 2. The fourth-order valence-electron chi connectivity index (χ4n) is 2.16. The fourth-order valence-corrected chi connectivity index (χ4v) is 2.63. The predicted molar refractivity (Wildman–Crippen MR) is 86.3 cm³/mol. The fraction of sp³-hybridized carbons (Fsp3) is 0.312. The summed E-state index contributed by atoms with van der Waals surface area (Å²) in [5.41, 5.74) is 3.83. The van der Waals surface area contributed by atoms with Crippen LogP contribution in [0.15, 0.2) is 34.9 Å². The van der Waals surface area contributed by atoms with Crippen molar-refractivity contribution in [3.05, 3.63) is 51.8 Å². The zero-order chi connectivity index (χ0) is 14.7. The maximum atomic E-state index is 12.4. The van der Waals surface area contributed by atoms with Crippen LogP contribution in [0.4, 0.5) is 5.69 Å². The van der Waals surface area contributed by atoms with E-state index in [1.54, 1.807) is 0 Å². The molecule has 0 atom stereocenters. The lowest BCUT2D eigenvalue weighted by molar-refractivity contribution is 0.101. The van der Waals surface area contributed by atoms with E-state index in [2.05, 4.69) is 28.2 Å². The molecule has 106 valence electrons. The normalized spacial score (nSPS) is 10.6. The number of halogens is 1. The summed E-state index contributed by atoms with van der Waals surface area (Å²) in [4.78, 5) is 12.4. The number of hydrogen-bond donors (Lipinski definition) is 1. The maximum Gasteiger partial charge on any atom is 0.272 e. The molecular formula is C16H19BrN2O. The SMILES string of the molecule is CCCn1cc(Br)cc1C(=O)Nc1cccc(C)c1C. The number of nitrogens with one attached hydrogen (secondary N) is 1. The highest BCUT2D eigenvalue weighted by Crippen LogP contribution is 2.21. The van der Waals surface area contributed by atoms with Crippen molar-refractivity contribution >= 4 is 27.5 Å². The van der Waals surface area contributed by atoms with Crippen LogP contribution in [0.5, 0.6) is 0 Å². The minimum atomic E-state index is -0.0714. The van der Waals surface area contributed by atoms with Gasteiger partial charge >= 0.3 is 0 Å². The van der Waals surface area contributed by atoms with Gasteiger partial charge in [-0.25, -0.2) is 0 Å². The van der Waals surface area contributed by atoms with Gasteiger partial charge in [0, 0.05) is 22.9 Å². The summed E-state index contributed by atoms with van der Waals surface area (Å²) in [6, 6.07) is 7.79. The van der Waals surface area contributed by atoms with Crippen LogP contribution in [0, 0.1) is 13.8 Å². The first-order valence-corrected chi connectivity index (χ1v) is 7.55. The summed E-state index contributed by atoms with van der Waals surface area (Å²) in [6.07, 6.45) is 2.94. The molecule has 0 saturated heterocycles. The van der Waals surface area contributed by atoms with Gasteiger partial charge in [0.05, 0.1) is 0 Å². The minimum Gasteiger partial charge on any atom is -0.342 e. The molecule has 4 heteroatoms. The molecule has 0 aliphatic carbocycles. The average Bonchev–Trinajstić information content (AvgIpc) is 2.76. The smallest absolute Gasteiger partial charge is 0.272 e. The zero-order valence-electron chi connectivity index (χ0n) is 12.0. The minimum absolute atomic E-state index is 0.0714. The number of aromatic nitrogens is 1. The standard InChI is InChI=1S/C16H19BrN2O/c1-4-8-19-10-13(17)9-15(19)16(20)18-14-7-5-6-11(2)12(14)3/h5-7,9-10H,4,8H2,1-3H3,(H,18,20). The van der Waals surface area contributed by atoms with Crippen molar-refractivity contribution in [1.82, 2.24) is 4.57 Å². The van der Waals surface area contributed by atoms with Gasteiger partial charge in [-0.05, 0) is 59.5 Å². The topological polar surface area (TPSA) is 34.0 Å². The van der Waals surface area contributed by atoms with Gasteiger partial charge in [0.25, 0.3) is 5.91 Å². The van der Waals surface area contributed by atoms with Gasteiger partial charge < -0.3 is 9.88 Å². The highest BCUT2D eigenvalue weighted by molar-refractivity contribution is 9.10. The molecule has 1 N–H and O–H groups in total. The lowest BCUT2D eigenvalue weighted by atomic mass is 10.1. The third-order valence-corrected chi connectivity index (χ3v) is 3.85. The maximum absolute atomic E-state index is 12.4. The molecule has 2 rings (SSSR count). The average molecular weight is 335 g/mol.